The summed E-state index contributed by atoms with van der Waals surface area (Å²) in [6, 6.07) is 17.9. The molecule has 0 aliphatic rings. The zero-order valence-electron chi connectivity index (χ0n) is 12.2. The number of pyridine rings is 2. The van der Waals surface area contributed by atoms with Gasteiger partial charge in [0, 0.05) is 24.0 Å². The van der Waals surface area contributed by atoms with E-state index in [0.29, 0.717) is 5.82 Å². The minimum Gasteiger partial charge on any atom is -0.384 e. The van der Waals surface area contributed by atoms with Gasteiger partial charge in [-0.25, -0.2) is 4.98 Å². The number of hydrogen-bond acceptors (Lipinski definition) is 4. The molecule has 0 saturated carbocycles. The van der Waals surface area contributed by atoms with Gasteiger partial charge in [0.2, 0.25) is 0 Å². The molecule has 0 bridgehead atoms. The quantitative estimate of drug-likeness (QED) is 0.774. The highest BCUT2D eigenvalue weighted by atomic mass is 14.8. The number of benzene rings is 1. The van der Waals surface area contributed by atoms with Gasteiger partial charge >= 0.3 is 0 Å². The Bertz CT molecular complexity index is 756. The first-order valence-electron chi connectivity index (χ1n) is 7.20. The molecular weight excluding hydrogens is 272 g/mol. The summed E-state index contributed by atoms with van der Waals surface area (Å²) in [6.45, 7) is 0. The number of anilines is 1. The van der Waals surface area contributed by atoms with Gasteiger partial charge in [0.05, 0.1) is 5.69 Å². The van der Waals surface area contributed by atoms with Crippen LogP contribution < -0.4 is 11.5 Å². The van der Waals surface area contributed by atoms with Crippen molar-refractivity contribution < 1.29 is 0 Å². The normalized spacial score (nSPS) is 12.0. The van der Waals surface area contributed by atoms with Gasteiger partial charge in [-0.2, -0.15) is 0 Å². The predicted molar refractivity (Wildman–Crippen MR) is 89.0 cm³/mol. The van der Waals surface area contributed by atoms with Crippen molar-refractivity contribution in [1.29, 1.82) is 0 Å². The van der Waals surface area contributed by atoms with E-state index < -0.39 is 0 Å². The third kappa shape index (κ3) is 3.30. The first kappa shape index (κ1) is 14.2. The summed E-state index contributed by atoms with van der Waals surface area (Å²) in [4.78, 5) is 8.41. The Morgan fingerprint density at radius 3 is 2.45 bits per heavy atom. The monoisotopic (exact) mass is 290 g/mol. The first-order valence-corrected chi connectivity index (χ1v) is 7.20. The predicted octanol–water partition coefficient (Wildman–Crippen LogP) is 2.97. The Labute approximate surface area is 129 Å². The van der Waals surface area contributed by atoms with Crippen LogP contribution in [0.2, 0.25) is 0 Å². The number of aromatic nitrogens is 2. The Kier molecular flexibility index (Phi) is 4.12. The smallest absolute Gasteiger partial charge is 0.123 e. The molecule has 1 aromatic carbocycles. The first-order chi connectivity index (χ1) is 10.7. The number of rotatable bonds is 4. The second kappa shape index (κ2) is 6.37. The molecular formula is C18H18N4. The van der Waals surface area contributed by atoms with E-state index in [1.807, 2.05) is 42.5 Å². The van der Waals surface area contributed by atoms with Crippen LogP contribution in [0.15, 0.2) is 67.0 Å². The molecule has 4 nitrogen and oxygen atoms in total. The van der Waals surface area contributed by atoms with Crippen molar-refractivity contribution in [1.82, 2.24) is 9.97 Å². The summed E-state index contributed by atoms with van der Waals surface area (Å²) < 4.78 is 0. The van der Waals surface area contributed by atoms with E-state index in [0.717, 1.165) is 23.2 Å². The standard InChI is InChI=1S/C18H18N4/c19-16(10-13-4-2-1-3-5-13)14-6-8-21-17(11-14)15-7-9-22-18(20)12-15/h1-9,11-12,16H,10,19H2,(H2,20,22). The molecule has 0 saturated heterocycles. The van der Waals surface area contributed by atoms with Gasteiger partial charge in [0.25, 0.3) is 0 Å². The average molecular weight is 290 g/mol. The Balaban J connectivity index is 1.84. The molecule has 0 amide bonds. The molecule has 4 N–H and O–H groups in total. The molecule has 22 heavy (non-hydrogen) atoms. The van der Waals surface area contributed by atoms with Crippen LogP contribution in [0.25, 0.3) is 11.3 Å². The van der Waals surface area contributed by atoms with Gasteiger partial charge in [0.15, 0.2) is 0 Å². The third-order valence-electron chi connectivity index (χ3n) is 3.59. The van der Waals surface area contributed by atoms with Crippen molar-refractivity contribution in [3.8, 4) is 11.3 Å². The lowest BCUT2D eigenvalue weighted by Crippen LogP contribution is -2.13. The van der Waals surface area contributed by atoms with Gasteiger partial charge in [0.1, 0.15) is 5.82 Å². The van der Waals surface area contributed by atoms with Crippen molar-refractivity contribution in [3.63, 3.8) is 0 Å². The molecule has 0 spiro atoms. The molecule has 0 aliphatic heterocycles. The summed E-state index contributed by atoms with van der Waals surface area (Å²) in [6.07, 6.45) is 4.26. The molecule has 0 aliphatic carbocycles. The molecule has 2 aromatic heterocycles. The van der Waals surface area contributed by atoms with E-state index in [4.69, 9.17) is 11.5 Å². The van der Waals surface area contributed by atoms with Gasteiger partial charge in [-0.3, -0.25) is 4.98 Å². The average Bonchev–Trinajstić information content (AvgIpc) is 2.56. The summed E-state index contributed by atoms with van der Waals surface area (Å²) in [5, 5.41) is 0. The number of nitrogens with zero attached hydrogens (tertiary/aromatic N) is 2. The zero-order chi connectivity index (χ0) is 15.4. The largest absolute Gasteiger partial charge is 0.384 e. The molecule has 1 unspecified atom stereocenters. The van der Waals surface area contributed by atoms with Crippen molar-refractivity contribution in [3.05, 3.63) is 78.1 Å². The lowest BCUT2D eigenvalue weighted by atomic mass is 9.99. The van der Waals surface area contributed by atoms with Crippen LogP contribution in [-0.4, -0.2) is 9.97 Å². The second-order valence-corrected chi connectivity index (χ2v) is 5.24. The Morgan fingerprint density at radius 2 is 1.68 bits per heavy atom. The minimum atomic E-state index is -0.0664. The highest BCUT2D eigenvalue weighted by Crippen LogP contribution is 2.22. The Hall–Kier alpha value is -2.72. The number of nitrogens with two attached hydrogens (primary N) is 2. The summed E-state index contributed by atoms with van der Waals surface area (Å²) in [7, 11) is 0. The highest BCUT2D eigenvalue weighted by molar-refractivity contribution is 5.62. The van der Waals surface area contributed by atoms with E-state index in [9.17, 15) is 0 Å². The fraction of sp³-hybridized carbons (Fsp3) is 0.111. The molecule has 4 heteroatoms. The summed E-state index contributed by atoms with van der Waals surface area (Å²) >= 11 is 0. The summed E-state index contributed by atoms with van der Waals surface area (Å²) in [5.74, 6) is 0.485. The maximum Gasteiger partial charge on any atom is 0.123 e. The SMILES string of the molecule is Nc1cc(-c2cc(C(N)Cc3ccccc3)ccn2)ccn1. The number of nitrogen functional groups attached to an aromatic ring is 1. The van der Waals surface area contributed by atoms with Crippen LogP contribution in [-0.2, 0) is 6.42 Å². The van der Waals surface area contributed by atoms with E-state index >= 15 is 0 Å². The fourth-order valence-corrected chi connectivity index (χ4v) is 2.43. The fourth-order valence-electron chi connectivity index (χ4n) is 2.43. The summed E-state index contributed by atoms with van der Waals surface area (Å²) in [5.41, 5.74) is 16.2. The Morgan fingerprint density at radius 1 is 0.909 bits per heavy atom. The van der Waals surface area contributed by atoms with E-state index in [-0.39, 0.29) is 6.04 Å². The minimum absolute atomic E-state index is 0.0664. The van der Waals surface area contributed by atoms with Gasteiger partial charge in [-0.05, 0) is 41.8 Å². The maximum absolute atomic E-state index is 6.34. The van der Waals surface area contributed by atoms with Crippen LogP contribution in [0.5, 0.6) is 0 Å². The van der Waals surface area contributed by atoms with E-state index in [2.05, 4.69) is 22.1 Å². The maximum atomic E-state index is 6.34. The van der Waals surface area contributed by atoms with Gasteiger partial charge in [-0.1, -0.05) is 30.3 Å². The molecule has 2 heterocycles. The van der Waals surface area contributed by atoms with Crippen molar-refractivity contribution >= 4 is 5.82 Å². The second-order valence-electron chi connectivity index (χ2n) is 5.24. The molecule has 110 valence electrons. The van der Waals surface area contributed by atoms with E-state index in [1.165, 1.54) is 5.56 Å². The van der Waals surface area contributed by atoms with Crippen LogP contribution >= 0.6 is 0 Å². The lowest BCUT2D eigenvalue weighted by Gasteiger charge is -2.13. The van der Waals surface area contributed by atoms with Crippen molar-refractivity contribution in [2.24, 2.45) is 5.73 Å². The van der Waals surface area contributed by atoms with Crippen molar-refractivity contribution in [2.45, 2.75) is 12.5 Å². The number of hydrogen-bond donors (Lipinski definition) is 2. The van der Waals surface area contributed by atoms with Gasteiger partial charge < -0.3 is 11.5 Å². The molecule has 1 atom stereocenters. The molecule has 0 radical (unpaired) electrons. The lowest BCUT2D eigenvalue weighted by molar-refractivity contribution is 0.721. The van der Waals surface area contributed by atoms with E-state index in [1.54, 1.807) is 12.4 Å². The third-order valence-corrected chi connectivity index (χ3v) is 3.59. The zero-order valence-corrected chi connectivity index (χ0v) is 12.2. The highest BCUT2D eigenvalue weighted by Gasteiger charge is 2.09. The van der Waals surface area contributed by atoms with Crippen LogP contribution in [0.3, 0.4) is 0 Å². The van der Waals surface area contributed by atoms with Crippen LogP contribution in [0, 0.1) is 0 Å². The van der Waals surface area contributed by atoms with Crippen LogP contribution in [0.1, 0.15) is 17.2 Å². The van der Waals surface area contributed by atoms with Crippen LogP contribution in [0.4, 0.5) is 5.82 Å². The van der Waals surface area contributed by atoms with Crippen molar-refractivity contribution in [2.75, 3.05) is 5.73 Å². The van der Waals surface area contributed by atoms with Gasteiger partial charge in [-0.15, -0.1) is 0 Å². The molecule has 3 aromatic rings. The molecule has 3 rings (SSSR count). The topological polar surface area (TPSA) is 77.8 Å². The molecule has 0 fully saturated rings.